The van der Waals surface area contributed by atoms with E-state index in [1.54, 1.807) is 0 Å². The van der Waals surface area contributed by atoms with Crippen LogP contribution in [0.25, 0.3) is 0 Å². The average Bonchev–Trinajstić information content (AvgIpc) is 2.76. The first kappa shape index (κ1) is 11.2. The molecule has 2 heterocycles. The highest BCUT2D eigenvalue weighted by molar-refractivity contribution is 5.08. The standard InChI is InChI=1S/C10H19F2N3/c11-9(12)6-14-10(7-13)3-5-15-4-1-2-8(10)15/h8-9,14H,1-7,13H2. The molecule has 2 aliphatic rings. The first-order valence-electron chi connectivity index (χ1n) is 5.65. The van der Waals surface area contributed by atoms with Crippen LogP contribution in [0.15, 0.2) is 0 Å². The van der Waals surface area contributed by atoms with E-state index in [-0.39, 0.29) is 12.1 Å². The van der Waals surface area contributed by atoms with Gasteiger partial charge in [-0.2, -0.15) is 0 Å². The average molecular weight is 219 g/mol. The Morgan fingerprint density at radius 2 is 2.27 bits per heavy atom. The smallest absolute Gasteiger partial charge is 0.250 e. The zero-order chi connectivity index (χ0) is 10.9. The van der Waals surface area contributed by atoms with Crippen LogP contribution in [0.5, 0.6) is 0 Å². The lowest BCUT2D eigenvalue weighted by atomic mass is 9.88. The minimum Gasteiger partial charge on any atom is -0.329 e. The third-order valence-corrected chi connectivity index (χ3v) is 3.82. The van der Waals surface area contributed by atoms with Crippen LogP contribution in [-0.2, 0) is 0 Å². The van der Waals surface area contributed by atoms with E-state index >= 15 is 0 Å². The molecule has 0 radical (unpaired) electrons. The van der Waals surface area contributed by atoms with E-state index in [4.69, 9.17) is 5.73 Å². The zero-order valence-corrected chi connectivity index (χ0v) is 8.88. The van der Waals surface area contributed by atoms with Gasteiger partial charge in [0.2, 0.25) is 0 Å². The van der Waals surface area contributed by atoms with Gasteiger partial charge in [0.25, 0.3) is 6.43 Å². The molecule has 2 saturated heterocycles. The van der Waals surface area contributed by atoms with E-state index in [1.165, 1.54) is 6.42 Å². The lowest BCUT2D eigenvalue weighted by molar-refractivity contribution is 0.121. The Bertz CT molecular complexity index is 225. The van der Waals surface area contributed by atoms with Gasteiger partial charge < -0.3 is 11.1 Å². The van der Waals surface area contributed by atoms with Crippen LogP contribution < -0.4 is 11.1 Å². The molecule has 0 saturated carbocycles. The van der Waals surface area contributed by atoms with E-state index in [9.17, 15) is 8.78 Å². The van der Waals surface area contributed by atoms with E-state index in [1.807, 2.05) is 0 Å². The van der Waals surface area contributed by atoms with Crippen LogP contribution in [0.4, 0.5) is 8.78 Å². The molecule has 2 rings (SSSR count). The highest BCUT2D eigenvalue weighted by Gasteiger charge is 2.48. The molecule has 0 spiro atoms. The summed E-state index contributed by atoms with van der Waals surface area (Å²) in [6, 6.07) is 0.376. The Morgan fingerprint density at radius 1 is 1.47 bits per heavy atom. The van der Waals surface area contributed by atoms with Gasteiger partial charge in [0.15, 0.2) is 0 Å². The van der Waals surface area contributed by atoms with Crippen LogP contribution >= 0.6 is 0 Å². The molecule has 88 valence electrons. The van der Waals surface area contributed by atoms with Gasteiger partial charge in [-0.25, -0.2) is 8.78 Å². The van der Waals surface area contributed by atoms with Crippen molar-refractivity contribution in [3.8, 4) is 0 Å². The molecule has 2 aliphatic heterocycles. The number of nitrogens with one attached hydrogen (secondary N) is 1. The predicted molar refractivity (Wildman–Crippen MR) is 55.0 cm³/mol. The van der Waals surface area contributed by atoms with Crippen molar-refractivity contribution >= 4 is 0 Å². The normalized spacial score (nSPS) is 36.4. The molecule has 2 fully saturated rings. The van der Waals surface area contributed by atoms with Crippen LogP contribution in [0.1, 0.15) is 19.3 Å². The molecule has 0 bridgehead atoms. The minimum absolute atomic E-state index is 0.235. The predicted octanol–water partition coefficient (Wildman–Crippen LogP) is 0.407. The van der Waals surface area contributed by atoms with Gasteiger partial charge in [-0.05, 0) is 25.8 Å². The van der Waals surface area contributed by atoms with Crippen LogP contribution in [0.3, 0.4) is 0 Å². The van der Waals surface area contributed by atoms with E-state index in [2.05, 4.69) is 10.2 Å². The maximum atomic E-state index is 12.2. The fourth-order valence-corrected chi connectivity index (χ4v) is 3.03. The van der Waals surface area contributed by atoms with Gasteiger partial charge in [0.05, 0.1) is 6.54 Å². The number of nitrogens with two attached hydrogens (primary N) is 1. The molecular formula is C10H19F2N3. The monoisotopic (exact) mass is 219 g/mol. The summed E-state index contributed by atoms with van der Waals surface area (Å²) in [6.07, 6.45) is 0.876. The van der Waals surface area contributed by atoms with Gasteiger partial charge in [-0.1, -0.05) is 0 Å². The fraction of sp³-hybridized carbons (Fsp3) is 1.00. The second kappa shape index (κ2) is 4.31. The largest absolute Gasteiger partial charge is 0.329 e. The SMILES string of the molecule is NCC1(NCC(F)F)CCN2CCCC21. The molecule has 15 heavy (non-hydrogen) atoms. The summed E-state index contributed by atoms with van der Waals surface area (Å²) in [5, 5.41) is 3.00. The molecule has 2 atom stereocenters. The van der Waals surface area contributed by atoms with Crippen molar-refractivity contribution in [2.75, 3.05) is 26.2 Å². The Kier molecular flexibility index (Phi) is 3.23. The maximum absolute atomic E-state index is 12.2. The van der Waals surface area contributed by atoms with Gasteiger partial charge >= 0.3 is 0 Å². The Morgan fingerprint density at radius 3 is 2.93 bits per heavy atom. The summed E-state index contributed by atoms with van der Waals surface area (Å²) < 4.78 is 24.4. The van der Waals surface area contributed by atoms with Crippen molar-refractivity contribution in [2.45, 2.75) is 37.3 Å². The van der Waals surface area contributed by atoms with Crippen molar-refractivity contribution in [3.05, 3.63) is 0 Å². The first-order chi connectivity index (χ1) is 7.18. The van der Waals surface area contributed by atoms with Crippen LogP contribution in [-0.4, -0.2) is 49.1 Å². The Labute approximate surface area is 89.0 Å². The number of rotatable bonds is 4. The molecule has 0 amide bonds. The maximum Gasteiger partial charge on any atom is 0.250 e. The Balaban J connectivity index is 2.01. The summed E-state index contributed by atoms with van der Waals surface area (Å²) in [6.45, 7) is 2.32. The summed E-state index contributed by atoms with van der Waals surface area (Å²) >= 11 is 0. The molecule has 3 nitrogen and oxygen atoms in total. The second-order valence-electron chi connectivity index (χ2n) is 4.58. The van der Waals surface area contributed by atoms with Crippen molar-refractivity contribution < 1.29 is 8.78 Å². The molecule has 0 aromatic carbocycles. The van der Waals surface area contributed by atoms with Gasteiger partial charge in [0, 0.05) is 24.7 Å². The highest BCUT2D eigenvalue weighted by Crippen LogP contribution is 2.35. The molecule has 0 aromatic rings. The van der Waals surface area contributed by atoms with Gasteiger partial charge in [-0.3, -0.25) is 4.90 Å². The van der Waals surface area contributed by atoms with Crippen molar-refractivity contribution in [2.24, 2.45) is 5.73 Å². The fourth-order valence-electron chi connectivity index (χ4n) is 3.03. The molecule has 0 aliphatic carbocycles. The second-order valence-corrected chi connectivity index (χ2v) is 4.58. The number of halogens is 2. The summed E-state index contributed by atoms with van der Waals surface area (Å²) in [5.41, 5.74) is 5.52. The van der Waals surface area contributed by atoms with Crippen LogP contribution in [0, 0.1) is 0 Å². The summed E-state index contributed by atoms with van der Waals surface area (Å²) in [4.78, 5) is 2.38. The number of hydrogen-bond acceptors (Lipinski definition) is 3. The van der Waals surface area contributed by atoms with E-state index in [0.717, 1.165) is 25.9 Å². The molecule has 5 heteroatoms. The summed E-state index contributed by atoms with van der Waals surface area (Å²) in [5.74, 6) is 0. The quantitative estimate of drug-likeness (QED) is 0.719. The minimum atomic E-state index is -2.29. The lowest BCUT2D eigenvalue weighted by Crippen LogP contribution is -2.58. The van der Waals surface area contributed by atoms with Gasteiger partial charge in [0.1, 0.15) is 0 Å². The molecule has 3 N–H and O–H groups in total. The Hall–Kier alpha value is -0.260. The number of nitrogens with zero attached hydrogens (tertiary/aromatic N) is 1. The zero-order valence-electron chi connectivity index (χ0n) is 8.88. The number of hydrogen-bond donors (Lipinski definition) is 2. The van der Waals surface area contributed by atoms with Crippen LogP contribution in [0.2, 0.25) is 0 Å². The third kappa shape index (κ3) is 2.00. The molecule has 2 unspecified atom stereocenters. The summed E-state index contributed by atoms with van der Waals surface area (Å²) in [7, 11) is 0. The molecular weight excluding hydrogens is 200 g/mol. The van der Waals surface area contributed by atoms with E-state index < -0.39 is 6.43 Å². The lowest BCUT2D eigenvalue weighted by Gasteiger charge is -2.35. The van der Waals surface area contributed by atoms with Gasteiger partial charge in [-0.15, -0.1) is 0 Å². The van der Waals surface area contributed by atoms with Crippen molar-refractivity contribution in [3.63, 3.8) is 0 Å². The molecule has 0 aromatic heterocycles. The highest BCUT2D eigenvalue weighted by atomic mass is 19.3. The van der Waals surface area contributed by atoms with Crippen molar-refractivity contribution in [1.82, 2.24) is 10.2 Å². The first-order valence-corrected chi connectivity index (χ1v) is 5.65. The van der Waals surface area contributed by atoms with E-state index in [0.29, 0.717) is 12.6 Å². The number of alkyl halides is 2. The topological polar surface area (TPSA) is 41.3 Å². The van der Waals surface area contributed by atoms with Crippen molar-refractivity contribution in [1.29, 1.82) is 0 Å². The number of fused-ring (bicyclic) bond motifs is 1. The third-order valence-electron chi connectivity index (χ3n) is 3.82.